The van der Waals surface area contributed by atoms with E-state index in [1.165, 1.54) is 13.2 Å². The van der Waals surface area contributed by atoms with Crippen LogP contribution >= 0.6 is 11.6 Å². The van der Waals surface area contributed by atoms with Crippen molar-refractivity contribution >= 4 is 17.3 Å². The lowest BCUT2D eigenvalue weighted by Gasteiger charge is -2.14. The van der Waals surface area contributed by atoms with Gasteiger partial charge in [0.2, 0.25) is 0 Å². The van der Waals surface area contributed by atoms with E-state index in [1.54, 1.807) is 13.0 Å². The van der Waals surface area contributed by atoms with E-state index in [2.05, 4.69) is 5.32 Å². The highest BCUT2D eigenvalue weighted by Crippen LogP contribution is 2.31. The van der Waals surface area contributed by atoms with Gasteiger partial charge in [0.1, 0.15) is 12.3 Å². The van der Waals surface area contributed by atoms with E-state index in [4.69, 9.17) is 16.3 Å². The molecule has 0 saturated carbocycles. The Morgan fingerprint density at radius 2 is 2.00 bits per heavy atom. The van der Waals surface area contributed by atoms with Crippen molar-refractivity contribution in [3.63, 3.8) is 0 Å². The Kier molecular flexibility index (Phi) is 3.91. The van der Waals surface area contributed by atoms with Gasteiger partial charge in [0.25, 0.3) is 0 Å². The Morgan fingerprint density at radius 3 is 2.50 bits per heavy atom. The summed E-state index contributed by atoms with van der Waals surface area (Å²) in [5, 5.41) is 2.63. The lowest BCUT2D eigenvalue weighted by molar-refractivity contribution is -0.115. The number of aryl methyl sites for hydroxylation is 1. The van der Waals surface area contributed by atoms with E-state index in [0.29, 0.717) is 10.8 Å². The van der Waals surface area contributed by atoms with Crippen LogP contribution in [0.5, 0.6) is 5.75 Å². The zero-order chi connectivity index (χ0) is 12.3. The first-order chi connectivity index (χ1) is 7.33. The number of methoxy groups -OCH3 is 1. The van der Waals surface area contributed by atoms with Crippen LogP contribution in [0.3, 0.4) is 0 Å². The number of hydrogen-bond donors (Lipinski definition) is 1. The Balaban J connectivity index is 2.90. The second kappa shape index (κ2) is 4.82. The summed E-state index contributed by atoms with van der Waals surface area (Å²) in [5.74, 6) is 0.339. The van der Waals surface area contributed by atoms with Crippen LogP contribution in [0.1, 0.15) is 5.56 Å². The Hall–Kier alpha value is -1.10. The first-order valence-electron chi connectivity index (χ1n) is 4.48. The summed E-state index contributed by atoms with van der Waals surface area (Å²) < 4.78 is 41.0. The molecule has 0 amide bonds. The first kappa shape index (κ1) is 13.0. The number of hydrogen-bond acceptors (Lipinski definition) is 2. The number of halogens is 4. The molecular formula is C10H11ClF3NO. The molecule has 0 aliphatic heterocycles. The van der Waals surface area contributed by atoms with Gasteiger partial charge in [-0.1, -0.05) is 11.6 Å². The summed E-state index contributed by atoms with van der Waals surface area (Å²) in [7, 11) is 1.39. The highest BCUT2D eigenvalue weighted by atomic mass is 35.5. The third kappa shape index (κ3) is 3.48. The number of rotatable bonds is 3. The van der Waals surface area contributed by atoms with Crippen LogP contribution in [0.2, 0.25) is 5.02 Å². The number of benzene rings is 1. The third-order valence-corrected chi connectivity index (χ3v) is 2.37. The summed E-state index contributed by atoms with van der Waals surface area (Å²) in [5.41, 5.74) is 0.978. The molecule has 16 heavy (non-hydrogen) atoms. The summed E-state index contributed by atoms with van der Waals surface area (Å²) in [6.45, 7) is 0.626. The van der Waals surface area contributed by atoms with Crippen molar-refractivity contribution in [1.82, 2.24) is 0 Å². The normalized spacial score (nSPS) is 11.4. The van der Waals surface area contributed by atoms with Crippen molar-refractivity contribution in [2.24, 2.45) is 0 Å². The smallest absolute Gasteiger partial charge is 0.405 e. The summed E-state index contributed by atoms with van der Waals surface area (Å²) in [6.07, 6.45) is -4.28. The molecule has 0 radical (unpaired) electrons. The van der Waals surface area contributed by atoms with Crippen LogP contribution in [0, 0.1) is 6.92 Å². The van der Waals surface area contributed by atoms with Crippen molar-refractivity contribution < 1.29 is 17.9 Å². The monoisotopic (exact) mass is 253 g/mol. The molecule has 0 saturated heterocycles. The molecule has 0 unspecified atom stereocenters. The summed E-state index contributed by atoms with van der Waals surface area (Å²) in [6, 6.07) is 3.00. The zero-order valence-corrected chi connectivity index (χ0v) is 9.54. The minimum Gasteiger partial charge on any atom is -0.495 e. The van der Waals surface area contributed by atoms with Gasteiger partial charge in [-0.3, -0.25) is 0 Å². The summed E-state index contributed by atoms with van der Waals surface area (Å²) in [4.78, 5) is 0. The minimum absolute atomic E-state index is 0.232. The van der Waals surface area contributed by atoms with Crippen LogP contribution < -0.4 is 10.1 Å². The van der Waals surface area contributed by atoms with E-state index in [9.17, 15) is 13.2 Å². The SMILES string of the molecule is COc1cc(C)c(Cl)cc1NCC(F)(F)F. The topological polar surface area (TPSA) is 21.3 Å². The third-order valence-electron chi connectivity index (χ3n) is 1.96. The average molecular weight is 254 g/mol. The molecule has 1 aromatic rings. The molecule has 0 heterocycles. The number of alkyl halides is 3. The van der Waals surface area contributed by atoms with Gasteiger partial charge in [0.05, 0.1) is 12.8 Å². The zero-order valence-electron chi connectivity index (χ0n) is 8.78. The second-order valence-corrected chi connectivity index (χ2v) is 3.68. The van der Waals surface area contributed by atoms with Gasteiger partial charge in [0, 0.05) is 5.02 Å². The van der Waals surface area contributed by atoms with Crippen molar-refractivity contribution in [2.75, 3.05) is 19.0 Å². The highest BCUT2D eigenvalue weighted by molar-refractivity contribution is 6.31. The van der Waals surface area contributed by atoms with Gasteiger partial charge in [0.15, 0.2) is 0 Å². The Bertz CT molecular complexity index is 379. The molecule has 0 atom stereocenters. The average Bonchev–Trinajstić information content (AvgIpc) is 2.18. The minimum atomic E-state index is -4.28. The van der Waals surface area contributed by atoms with E-state index in [0.717, 1.165) is 5.56 Å². The van der Waals surface area contributed by atoms with Crippen molar-refractivity contribution in [2.45, 2.75) is 13.1 Å². The molecule has 0 aliphatic carbocycles. The lowest BCUT2D eigenvalue weighted by atomic mass is 10.2. The fourth-order valence-corrected chi connectivity index (χ4v) is 1.32. The lowest BCUT2D eigenvalue weighted by Crippen LogP contribution is -2.21. The molecule has 0 fully saturated rings. The fourth-order valence-electron chi connectivity index (χ4n) is 1.16. The molecule has 1 rings (SSSR count). The van der Waals surface area contributed by atoms with E-state index < -0.39 is 12.7 Å². The molecule has 1 aromatic carbocycles. The van der Waals surface area contributed by atoms with Crippen LogP contribution in [-0.2, 0) is 0 Å². The molecule has 6 heteroatoms. The van der Waals surface area contributed by atoms with Crippen molar-refractivity contribution in [3.05, 3.63) is 22.7 Å². The Morgan fingerprint density at radius 1 is 1.38 bits per heavy atom. The second-order valence-electron chi connectivity index (χ2n) is 3.27. The number of nitrogens with one attached hydrogen (secondary N) is 1. The fraction of sp³-hybridized carbons (Fsp3) is 0.400. The molecular weight excluding hydrogens is 243 g/mol. The van der Waals surface area contributed by atoms with Crippen molar-refractivity contribution in [1.29, 1.82) is 0 Å². The van der Waals surface area contributed by atoms with Crippen molar-refractivity contribution in [3.8, 4) is 5.75 Å². The quantitative estimate of drug-likeness (QED) is 0.888. The molecule has 0 bridgehead atoms. The maximum Gasteiger partial charge on any atom is 0.405 e. The van der Waals surface area contributed by atoms with Crippen LogP contribution in [0.25, 0.3) is 0 Å². The molecule has 90 valence electrons. The van der Waals surface area contributed by atoms with Crippen LogP contribution in [-0.4, -0.2) is 19.8 Å². The van der Waals surface area contributed by atoms with Gasteiger partial charge >= 0.3 is 6.18 Å². The molecule has 0 spiro atoms. The first-order valence-corrected chi connectivity index (χ1v) is 4.86. The number of ether oxygens (including phenoxy) is 1. The van der Waals surface area contributed by atoms with Gasteiger partial charge in [-0.15, -0.1) is 0 Å². The van der Waals surface area contributed by atoms with E-state index in [1.807, 2.05) is 0 Å². The van der Waals surface area contributed by atoms with E-state index >= 15 is 0 Å². The van der Waals surface area contributed by atoms with Gasteiger partial charge in [-0.05, 0) is 24.6 Å². The van der Waals surface area contributed by atoms with Gasteiger partial charge in [-0.2, -0.15) is 13.2 Å². The number of anilines is 1. The maximum absolute atomic E-state index is 12.0. The highest BCUT2D eigenvalue weighted by Gasteiger charge is 2.27. The van der Waals surface area contributed by atoms with E-state index in [-0.39, 0.29) is 5.69 Å². The largest absolute Gasteiger partial charge is 0.495 e. The molecule has 0 aliphatic rings. The maximum atomic E-state index is 12.0. The molecule has 2 nitrogen and oxygen atoms in total. The van der Waals surface area contributed by atoms with Gasteiger partial charge < -0.3 is 10.1 Å². The summed E-state index contributed by atoms with van der Waals surface area (Å²) >= 11 is 5.82. The van der Waals surface area contributed by atoms with Crippen LogP contribution in [0.4, 0.5) is 18.9 Å². The van der Waals surface area contributed by atoms with Gasteiger partial charge in [-0.25, -0.2) is 0 Å². The Labute approximate surface area is 96.4 Å². The standard InChI is InChI=1S/C10H11ClF3NO/c1-6-3-9(16-2)8(4-7(6)11)15-5-10(12,13)14/h3-4,15H,5H2,1-2H3. The predicted molar refractivity (Wildman–Crippen MR) is 57.3 cm³/mol. The van der Waals surface area contributed by atoms with Crippen LogP contribution in [0.15, 0.2) is 12.1 Å². The predicted octanol–water partition coefficient (Wildman–Crippen LogP) is 3.63. The molecule has 1 N–H and O–H groups in total. The molecule has 0 aromatic heterocycles.